The molecule has 0 aliphatic carbocycles. The van der Waals surface area contributed by atoms with Crippen molar-refractivity contribution in [2.24, 2.45) is 5.92 Å². The quantitative estimate of drug-likeness (QED) is 0.830. The minimum Gasteiger partial charge on any atom is -0.378 e. The van der Waals surface area contributed by atoms with E-state index in [9.17, 15) is 4.79 Å². The number of rotatable bonds is 7. The maximum Gasteiger partial charge on any atom is 0.256 e. The lowest BCUT2D eigenvalue weighted by atomic mass is 9.93. The second-order valence-electron chi connectivity index (χ2n) is 6.29. The third-order valence-corrected chi connectivity index (χ3v) is 4.65. The molecule has 7 nitrogen and oxygen atoms in total. The summed E-state index contributed by atoms with van der Waals surface area (Å²) in [6, 6.07) is 4.11. The van der Waals surface area contributed by atoms with Crippen LogP contribution >= 0.6 is 0 Å². The summed E-state index contributed by atoms with van der Waals surface area (Å²) < 4.78 is 9.88. The molecule has 3 rings (SSSR count). The van der Waals surface area contributed by atoms with Crippen molar-refractivity contribution in [1.82, 2.24) is 15.5 Å². The Morgan fingerprint density at radius 3 is 2.84 bits per heavy atom. The highest BCUT2D eigenvalue weighted by Gasteiger charge is 2.20. The fourth-order valence-electron chi connectivity index (χ4n) is 3.21. The Morgan fingerprint density at radius 2 is 2.12 bits per heavy atom. The van der Waals surface area contributed by atoms with Crippen molar-refractivity contribution in [2.75, 3.05) is 31.6 Å². The van der Waals surface area contributed by atoms with E-state index in [1.54, 1.807) is 7.11 Å². The molecular formula is C18H24N4O3. The summed E-state index contributed by atoms with van der Waals surface area (Å²) >= 11 is 0. The molecule has 1 amide bonds. The molecule has 134 valence electrons. The van der Waals surface area contributed by atoms with Gasteiger partial charge in [-0.15, -0.1) is 0 Å². The number of nitrogens with one attached hydrogen (secondary N) is 1. The second kappa shape index (κ2) is 8.62. The number of ether oxygens (including phenoxy) is 1. The van der Waals surface area contributed by atoms with Crippen molar-refractivity contribution in [3.8, 4) is 0 Å². The van der Waals surface area contributed by atoms with Gasteiger partial charge in [0.05, 0.1) is 6.61 Å². The van der Waals surface area contributed by atoms with E-state index in [0.29, 0.717) is 23.7 Å². The van der Waals surface area contributed by atoms with E-state index < -0.39 is 0 Å². The molecule has 1 aliphatic rings. The lowest BCUT2D eigenvalue weighted by Gasteiger charge is -2.33. The molecule has 1 aliphatic heterocycles. The van der Waals surface area contributed by atoms with E-state index in [-0.39, 0.29) is 12.5 Å². The number of hydrogen-bond donors (Lipinski definition) is 1. The van der Waals surface area contributed by atoms with Gasteiger partial charge in [-0.3, -0.25) is 9.78 Å². The van der Waals surface area contributed by atoms with E-state index >= 15 is 0 Å². The number of carbonyl (C=O) groups excluding carboxylic acids is 1. The molecule has 0 aromatic carbocycles. The summed E-state index contributed by atoms with van der Waals surface area (Å²) in [5.74, 6) is 0.488. The van der Waals surface area contributed by atoms with Gasteiger partial charge in [-0.25, -0.2) is 0 Å². The molecule has 25 heavy (non-hydrogen) atoms. The van der Waals surface area contributed by atoms with E-state index in [2.05, 4.69) is 32.5 Å². The largest absolute Gasteiger partial charge is 0.378 e. The molecule has 0 radical (unpaired) electrons. The lowest BCUT2D eigenvalue weighted by Crippen LogP contribution is -2.35. The van der Waals surface area contributed by atoms with E-state index in [4.69, 9.17) is 9.26 Å². The van der Waals surface area contributed by atoms with Crippen LogP contribution in [0.1, 0.15) is 35.3 Å². The average molecular weight is 344 g/mol. The highest BCUT2D eigenvalue weighted by molar-refractivity contribution is 5.94. The Bertz CT molecular complexity index is 666. The second-order valence-corrected chi connectivity index (χ2v) is 6.29. The van der Waals surface area contributed by atoms with Gasteiger partial charge in [0.25, 0.3) is 5.91 Å². The van der Waals surface area contributed by atoms with Gasteiger partial charge < -0.3 is 19.5 Å². The topological polar surface area (TPSA) is 80.5 Å². The van der Waals surface area contributed by atoms with Gasteiger partial charge in [0.1, 0.15) is 17.5 Å². The van der Waals surface area contributed by atoms with Crippen LogP contribution in [0.4, 0.5) is 5.69 Å². The van der Waals surface area contributed by atoms with Gasteiger partial charge in [0.2, 0.25) is 0 Å². The van der Waals surface area contributed by atoms with Gasteiger partial charge in [0, 0.05) is 44.8 Å². The fraction of sp³-hybridized carbons (Fsp3) is 0.500. The normalized spacial score (nSPS) is 15.3. The van der Waals surface area contributed by atoms with E-state index in [1.165, 1.54) is 12.0 Å². The zero-order valence-electron chi connectivity index (χ0n) is 14.5. The standard InChI is InChI=1S/C18H24N4O3/c1-24-13-17-16(12-25-21-17)18(23)20-9-2-14-5-10-22(11-6-14)15-3-7-19-8-4-15/h3-4,7-8,12,14H,2,5-6,9-11,13H2,1H3,(H,20,23). The van der Waals surface area contributed by atoms with Gasteiger partial charge >= 0.3 is 0 Å². The average Bonchev–Trinajstić information content (AvgIpc) is 3.12. The van der Waals surface area contributed by atoms with Crippen LogP contribution in [0.3, 0.4) is 0 Å². The minimum absolute atomic E-state index is 0.150. The highest BCUT2D eigenvalue weighted by atomic mass is 16.5. The summed E-state index contributed by atoms with van der Waals surface area (Å²) in [5, 5.41) is 6.75. The van der Waals surface area contributed by atoms with E-state index in [1.807, 2.05) is 12.4 Å². The first-order valence-corrected chi connectivity index (χ1v) is 8.63. The van der Waals surface area contributed by atoms with Crippen LogP contribution in [0.5, 0.6) is 0 Å². The van der Waals surface area contributed by atoms with Gasteiger partial charge in [-0.2, -0.15) is 0 Å². The third kappa shape index (κ3) is 4.57. The van der Waals surface area contributed by atoms with Crippen LogP contribution in [0.15, 0.2) is 35.3 Å². The van der Waals surface area contributed by atoms with Crippen LogP contribution in [0.25, 0.3) is 0 Å². The van der Waals surface area contributed by atoms with Crippen LogP contribution in [0, 0.1) is 5.92 Å². The highest BCUT2D eigenvalue weighted by Crippen LogP contribution is 2.24. The maximum absolute atomic E-state index is 12.2. The Hall–Kier alpha value is -2.41. The van der Waals surface area contributed by atoms with Crippen molar-refractivity contribution >= 4 is 11.6 Å². The molecule has 0 bridgehead atoms. The Labute approximate surface area is 147 Å². The molecule has 3 heterocycles. The molecule has 7 heteroatoms. The van der Waals surface area contributed by atoms with Crippen molar-refractivity contribution < 1.29 is 14.1 Å². The molecule has 0 unspecified atom stereocenters. The molecule has 0 spiro atoms. The Morgan fingerprint density at radius 1 is 1.36 bits per heavy atom. The first kappa shape index (κ1) is 17.4. The summed E-state index contributed by atoms with van der Waals surface area (Å²) in [6.45, 7) is 3.03. The third-order valence-electron chi connectivity index (χ3n) is 4.65. The van der Waals surface area contributed by atoms with Crippen molar-refractivity contribution in [3.05, 3.63) is 42.0 Å². The molecule has 0 atom stereocenters. The lowest BCUT2D eigenvalue weighted by molar-refractivity contribution is 0.0945. The maximum atomic E-state index is 12.2. The number of nitrogens with zero attached hydrogens (tertiary/aromatic N) is 3. The van der Waals surface area contributed by atoms with Crippen molar-refractivity contribution in [3.63, 3.8) is 0 Å². The van der Waals surface area contributed by atoms with Crippen molar-refractivity contribution in [1.29, 1.82) is 0 Å². The summed E-state index contributed by atoms with van der Waals surface area (Å²) in [6.07, 6.45) is 8.30. The predicted molar refractivity (Wildman–Crippen MR) is 93.3 cm³/mol. The zero-order chi connectivity index (χ0) is 17.5. The van der Waals surface area contributed by atoms with Crippen molar-refractivity contribution in [2.45, 2.75) is 25.9 Å². The number of amides is 1. The first-order valence-electron chi connectivity index (χ1n) is 8.63. The molecule has 1 fully saturated rings. The molecule has 2 aromatic rings. The predicted octanol–water partition coefficient (Wildman–Crippen LogP) is 2.25. The number of carbonyl (C=O) groups is 1. The Kier molecular flexibility index (Phi) is 6.00. The summed E-state index contributed by atoms with van der Waals surface area (Å²) in [5.41, 5.74) is 2.22. The van der Waals surface area contributed by atoms with Gasteiger partial charge in [-0.1, -0.05) is 5.16 Å². The summed E-state index contributed by atoms with van der Waals surface area (Å²) in [4.78, 5) is 18.7. The molecule has 0 saturated carbocycles. The fourth-order valence-corrected chi connectivity index (χ4v) is 3.21. The number of anilines is 1. The number of hydrogen-bond acceptors (Lipinski definition) is 6. The minimum atomic E-state index is -0.150. The number of piperidine rings is 1. The number of pyridine rings is 1. The molecule has 1 saturated heterocycles. The van der Waals surface area contributed by atoms with Crippen LogP contribution in [-0.4, -0.2) is 42.8 Å². The molecular weight excluding hydrogens is 320 g/mol. The zero-order valence-corrected chi connectivity index (χ0v) is 14.5. The van der Waals surface area contributed by atoms with E-state index in [0.717, 1.165) is 32.4 Å². The van der Waals surface area contributed by atoms with Crippen LogP contribution in [0.2, 0.25) is 0 Å². The number of methoxy groups -OCH3 is 1. The SMILES string of the molecule is COCc1nocc1C(=O)NCCC1CCN(c2ccncc2)CC1. The van der Waals surface area contributed by atoms with Gasteiger partial charge in [0.15, 0.2) is 0 Å². The monoisotopic (exact) mass is 344 g/mol. The smallest absolute Gasteiger partial charge is 0.256 e. The number of aromatic nitrogens is 2. The summed E-state index contributed by atoms with van der Waals surface area (Å²) in [7, 11) is 1.56. The van der Waals surface area contributed by atoms with Gasteiger partial charge in [-0.05, 0) is 37.3 Å². The Balaban J connectivity index is 1.40. The molecule has 2 aromatic heterocycles. The van der Waals surface area contributed by atoms with Crippen LogP contribution in [-0.2, 0) is 11.3 Å². The molecule has 1 N–H and O–H groups in total. The van der Waals surface area contributed by atoms with Crippen LogP contribution < -0.4 is 10.2 Å². The first-order chi connectivity index (χ1) is 12.3.